The van der Waals surface area contributed by atoms with Gasteiger partial charge in [0.05, 0.1) is 0 Å². The van der Waals surface area contributed by atoms with Gasteiger partial charge in [-0.15, -0.1) is 0 Å². The highest BCUT2D eigenvalue weighted by Gasteiger charge is 2.43. The molecule has 0 N–H and O–H groups in total. The third kappa shape index (κ3) is 3.76. The van der Waals surface area contributed by atoms with Crippen LogP contribution in [0.1, 0.15) is 67.6 Å². The van der Waals surface area contributed by atoms with Crippen LogP contribution in [-0.4, -0.2) is 0 Å². The third-order valence-electron chi connectivity index (χ3n) is 6.85. The molecule has 4 rings (SSSR count). The molecule has 2 aliphatic rings. The lowest BCUT2D eigenvalue weighted by Gasteiger charge is -2.47. The van der Waals surface area contributed by atoms with Crippen LogP contribution in [0.2, 0.25) is 5.02 Å². The lowest BCUT2D eigenvalue weighted by molar-refractivity contribution is 0.161. The van der Waals surface area contributed by atoms with Gasteiger partial charge < -0.3 is 0 Å². The van der Waals surface area contributed by atoms with Gasteiger partial charge in [-0.2, -0.15) is 0 Å². The lowest BCUT2D eigenvalue weighted by Crippen LogP contribution is -2.35. The first-order chi connectivity index (χ1) is 13.6. The SMILES string of the molecule is CC=CCC[C@@H]1CC[C@H]2c3cc(F)cc(F)c3CC[C@@H]2[C@H]1c1ccc(Cl)cc1. The fraction of sp³-hybridized carbons (Fsp3) is 0.440. The Morgan fingerprint density at radius 3 is 2.61 bits per heavy atom. The second-order valence-electron chi connectivity index (χ2n) is 8.33. The van der Waals surface area contributed by atoms with Gasteiger partial charge >= 0.3 is 0 Å². The van der Waals surface area contributed by atoms with E-state index in [4.69, 9.17) is 11.6 Å². The molecule has 148 valence electrons. The van der Waals surface area contributed by atoms with Gasteiger partial charge in [0.2, 0.25) is 0 Å². The Morgan fingerprint density at radius 2 is 1.86 bits per heavy atom. The molecule has 0 aromatic heterocycles. The minimum atomic E-state index is -0.449. The molecule has 0 nitrogen and oxygen atoms in total. The molecule has 0 bridgehead atoms. The van der Waals surface area contributed by atoms with Gasteiger partial charge in [0, 0.05) is 11.1 Å². The van der Waals surface area contributed by atoms with Crippen LogP contribution in [0.4, 0.5) is 8.78 Å². The van der Waals surface area contributed by atoms with Crippen molar-refractivity contribution in [3.63, 3.8) is 0 Å². The van der Waals surface area contributed by atoms with E-state index >= 15 is 0 Å². The second kappa shape index (κ2) is 8.37. The van der Waals surface area contributed by atoms with E-state index < -0.39 is 5.82 Å². The normalized spacial score (nSPS) is 26.9. The van der Waals surface area contributed by atoms with E-state index in [2.05, 4.69) is 31.2 Å². The van der Waals surface area contributed by atoms with Crippen LogP contribution in [0.3, 0.4) is 0 Å². The molecule has 2 aliphatic carbocycles. The summed E-state index contributed by atoms with van der Waals surface area (Å²) in [5.74, 6) is 0.869. The van der Waals surface area contributed by atoms with E-state index in [1.54, 1.807) is 6.07 Å². The molecule has 3 heteroatoms. The smallest absolute Gasteiger partial charge is 0.129 e. The molecule has 2 aromatic rings. The number of hydrogen-bond donors (Lipinski definition) is 0. The number of allylic oxidation sites excluding steroid dienone is 2. The molecule has 1 saturated carbocycles. The summed E-state index contributed by atoms with van der Waals surface area (Å²) in [5.41, 5.74) is 2.98. The molecule has 4 atom stereocenters. The first-order valence-electron chi connectivity index (χ1n) is 10.4. The largest absolute Gasteiger partial charge is 0.207 e. The van der Waals surface area contributed by atoms with E-state index in [0.29, 0.717) is 24.2 Å². The summed E-state index contributed by atoms with van der Waals surface area (Å²) in [6.45, 7) is 2.06. The van der Waals surface area contributed by atoms with Crippen LogP contribution in [0, 0.1) is 23.5 Å². The summed E-state index contributed by atoms with van der Waals surface area (Å²) >= 11 is 6.14. The first-order valence-corrected chi connectivity index (χ1v) is 10.8. The number of halogens is 3. The standard InChI is InChI=1S/C25H27ClF2/c1-2-3-4-5-16-8-11-20-22(25(16)17-6-9-18(26)10-7-17)13-12-21-23(20)14-19(27)15-24(21)28/h2-3,6-7,9-10,14-16,20,22,25H,4-5,8,11-13H2,1H3/t16-,20-,22+,25-/m1/s1. The van der Waals surface area contributed by atoms with Crippen molar-refractivity contribution in [1.29, 1.82) is 0 Å². The molecule has 0 radical (unpaired) electrons. The molecule has 0 unspecified atom stereocenters. The Balaban J connectivity index is 1.71. The van der Waals surface area contributed by atoms with Crippen LogP contribution in [-0.2, 0) is 6.42 Å². The van der Waals surface area contributed by atoms with Crippen molar-refractivity contribution in [2.75, 3.05) is 0 Å². The zero-order valence-electron chi connectivity index (χ0n) is 16.3. The van der Waals surface area contributed by atoms with Gasteiger partial charge in [-0.3, -0.25) is 0 Å². The Bertz CT molecular complexity index is 856. The van der Waals surface area contributed by atoms with Gasteiger partial charge in [-0.25, -0.2) is 8.78 Å². The number of hydrogen-bond acceptors (Lipinski definition) is 0. The van der Waals surface area contributed by atoms with Crippen LogP contribution >= 0.6 is 11.6 Å². The van der Waals surface area contributed by atoms with E-state index in [0.717, 1.165) is 54.3 Å². The van der Waals surface area contributed by atoms with Gasteiger partial charge in [0.1, 0.15) is 11.6 Å². The fourth-order valence-electron chi connectivity index (χ4n) is 5.69. The summed E-state index contributed by atoms with van der Waals surface area (Å²) in [5, 5.41) is 0.750. The van der Waals surface area contributed by atoms with Crippen LogP contribution < -0.4 is 0 Å². The monoisotopic (exact) mass is 400 g/mol. The molecule has 0 saturated heterocycles. The van der Waals surface area contributed by atoms with Crippen molar-refractivity contribution in [3.8, 4) is 0 Å². The molecular formula is C25H27ClF2. The number of fused-ring (bicyclic) bond motifs is 3. The van der Waals surface area contributed by atoms with E-state index in [-0.39, 0.29) is 11.7 Å². The minimum Gasteiger partial charge on any atom is -0.207 e. The third-order valence-corrected chi connectivity index (χ3v) is 7.10. The minimum absolute atomic E-state index is 0.243. The molecule has 0 amide bonds. The molecular weight excluding hydrogens is 374 g/mol. The Labute approximate surface area is 171 Å². The summed E-state index contributed by atoms with van der Waals surface area (Å²) in [7, 11) is 0. The van der Waals surface area contributed by atoms with Crippen molar-refractivity contribution >= 4 is 11.6 Å². The molecule has 0 aliphatic heterocycles. The maximum Gasteiger partial charge on any atom is 0.129 e. The Kier molecular flexibility index (Phi) is 5.87. The van der Waals surface area contributed by atoms with Crippen LogP contribution in [0.15, 0.2) is 48.6 Å². The molecule has 2 aromatic carbocycles. The predicted molar refractivity (Wildman–Crippen MR) is 112 cm³/mol. The highest BCUT2D eigenvalue weighted by atomic mass is 35.5. The molecule has 0 heterocycles. The fourth-order valence-corrected chi connectivity index (χ4v) is 5.81. The zero-order chi connectivity index (χ0) is 19.7. The van der Waals surface area contributed by atoms with Crippen molar-refractivity contribution < 1.29 is 8.78 Å². The van der Waals surface area contributed by atoms with E-state index in [9.17, 15) is 8.78 Å². The molecule has 0 spiro atoms. The van der Waals surface area contributed by atoms with Gasteiger partial charge in [-0.05, 0) is 104 Å². The summed E-state index contributed by atoms with van der Waals surface area (Å²) < 4.78 is 28.4. The number of benzene rings is 2. The predicted octanol–water partition coefficient (Wildman–Crippen LogP) is 7.81. The first kappa shape index (κ1) is 19.6. The van der Waals surface area contributed by atoms with Gasteiger partial charge in [0.25, 0.3) is 0 Å². The van der Waals surface area contributed by atoms with Gasteiger partial charge in [0.15, 0.2) is 0 Å². The van der Waals surface area contributed by atoms with Crippen molar-refractivity contribution in [3.05, 3.63) is 81.9 Å². The lowest BCUT2D eigenvalue weighted by atomic mass is 9.57. The molecule has 1 fully saturated rings. The maximum absolute atomic E-state index is 14.4. The van der Waals surface area contributed by atoms with E-state index in [1.165, 1.54) is 5.56 Å². The summed E-state index contributed by atoms with van der Waals surface area (Å²) in [4.78, 5) is 0. The van der Waals surface area contributed by atoms with Crippen molar-refractivity contribution in [2.24, 2.45) is 11.8 Å². The average molecular weight is 401 g/mol. The second-order valence-corrected chi connectivity index (χ2v) is 8.76. The van der Waals surface area contributed by atoms with Crippen molar-refractivity contribution in [2.45, 2.75) is 57.3 Å². The Morgan fingerprint density at radius 1 is 1.07 bits per heavy atom. The Hall–Kier alpha value is -1.67. The number of rotatable bonds is 4. The quantitative estimate of drug-likeness (QED) is 0.459. The summed E-state index contributed by atoms with van der Waals surface area (Å²) in [6.07, 6.45) is 10.4. The summed E-state index contributed by atoms with van der Waals surface area (Å²) in [6, 6.07) is 10.9. The van der Waals surface area contributed by atoms with Crippen LogP contribution in [0.25, 0.3) is 0 Å². The zero-order valence-corrected chi connectivity index (χ0v) is 17.1. The van der Waals surface area contributed by atoms with Gasteiger partial charge in [-0.1, -0.05) is 35.9 Å². The average Bonchev–Trinajstić information content (AvgIpc) is 2.68. The highest BCUT2D eigenvalue weighted by molar-refractivity contribution is 6.30. The van der Waals surface area contributed by atoms with Crippen LogP contribution in [0.5, 0.6) is 0 Å². The van der Waals surface area contributed by atoms with Crippen molar-refractivity contribution in [1.82, 2.24) is 0 Å². The topological polar surface area (TPSA) is 0 Å². The maximum atomic E-state index is 14.4. The highest BCUT2D eigenvalue weighted by Crippen LogP contribution is 2.55. The van der Waals surface area contributed by atoms with E-state index in [1.807, 2.05) is 12.1 Å². The molecule has 28 heavy (non-hydrogen) atoms.